The van der Waals surface area contributed by atoms with Crippen molar-refractivity contribution in [1.82, 2.24) is 0 Å². The first-order valence-electron chi connectivity index (χ1n) is 8.22. The lowest BCUT2D eigenvalue weighted by molar-refractivity contribution is 0.0987. The Morgan fingerprint density at radius 1 is 1.25 bits per heavy atom. The zero-order valence-corrected chi connectivity index (χ0v) is 14.0. The number of aliphatic hydroxyl groups is 1. The number of carbonyl (C=O) groups excluding carboxylic acids is 1. The van der Waals surface area contributed by atoms with Crippen molar-refractivity contribution in [3.8, 4) is 11.8 Å². The predicted molar refractivity (Wildman–Crippen MR) is 96.1 cm³/mol. The number of amides is 1. The fourth-order valence-corrected chi connectivity index (χ4v) is 3.23. The fourth-order valence-electron chi connectivity index (χ4n) is 3.23. The van der Waals surface area contributed by atoms with E-state index in [0.29, 0.717) is 23.9 Å². The first kappa shape index (κ1) is 16.3. The molecule has 24 heavy (non-hydrogen) atoms. The molecule has 0 fully saturated rings. The number of hydrogen-bond donors (Lipinski definition) is 1. The van der Waals surface area contributed by atoms with Gasteiger partial charge in [0.1, 0.15) is 6.61 Å². The van der Waals surface area contributed by atoms with Crippen molar-refractivity contribution in [2.45, 2.75) is 19.8 Å². The van der Waals surface area contributed by atoms with Crippen molar-refractivity contribution < 1.29 is 9.90 Å². The van der Waals surface area contributed by atoms with E-state index in [1.807, 2.05) is 41.3 Å². The smallest absolute Gasteiger partial charge is 0.258 e. The lowest BCUT2D eigenvalue weighted by atomic mass is 9.90. The van der Waals surface area contributed by atoms with Gasteiger partial charge in [0, 0.05) is 29.3 Å². The Morgan fingerprint density at radius 2 is 2.04 bits per heavy atom. The van der Waals surface area contributed by atoms with Crippen LogP contribution >= 0.6 is 0 Å². The molecule has 0 saturated carbocycles. The molecule has 1 unspecified atom stereocenters. The monoisotopic (exact) mass is 319 g/mol. The molecule has 0 bridgehead atoms. The summed E-state index contributed by atoms with van der Waals surface area (Å²) < 4.78 is 0. The number of carbonyl (C=O) groups is 1. The van der Waals surface area contributed by atoms with Gasteiger partial charge >= 0.3 is 0 Å². The minimum absolute atomic E-state index is 0.00162. The third-order valence-corrected chi connectivity index (χ3v) is 4.48. The Labute approximate surface area is 142 Å². The van der Waals surface area contributed by atoms with Crippen molar-refractivity contribution in [1.29, 1.82) is 0 Å². The van der Waals surface area contributed by atoms with Crippen LogP contribution in [0.5, 0.6) is 0 Å². The van der Waals surface area contributed by atoms with Gasteiger partial charge in [-0.1, -0.05) is 50.0 Å². The molecule has 1 heterocycles. The summed E-state index contributed by atoms with van der Waals surface area (Å²) in [5.74, 6) is 6.31. The summed E-state index contributed by atoms with van der Waals surface area (Å²) in [6, 6.07) is 15.4. The number of aliphatic hydroxyl groups excluding tert-OH is 1. The van der Waals surface area contributed by atoms with Crippen molar-refractivity contribution in [3.63, 3.8) is 0 Å². The molecule has 3 nitrogen and oxygen atoms in total. The third-order valence-electron chi connectivity index (χ3n) is 4.48. The van der Waals surface area contributed by atoms with Crippen LogP contribution in [-0.4, -0.2) is 24.2 Å². The molecule has 3 rings (SSSR count). The average molecular weight is 319 g/mol. The molecule has 1 N–H and O–H groups in total. The SMILES string of the molecule is CC(C)C1CN(C(=O)c2cccc(C#CCO)c2)c2ccccc21. The van der Waals surface area contributed by atoms with E-state index in [1.165, 1.54) is 5.56 Å². The van der Waals surface area contributed by atoms with Gasteiger partial charge in [-0.15, -0.1) is 0 Å². The number of rotatable bonds is 2. The normalized spacial score (nSPS) is 15.8. The molecule has 0 spiro atoms. The molecule has 1 amide bonds. The molecule has 1 aliphatic rings. The second-order valence-corrected chi connectivity index (χ2v) is 6.37. The second kappa shape index (κ2) is 6.90. The van der Waals surface area contributed by atoms with E-state index in [1.54, 1.807) is 6.07 Å². The van der Waals surface area contributed by atoms with Gasteiger partial charge in [-0.05, 0) is 35.7 Å². The summed E-state index contributed by atoms with van der Waals surface area (Å²) in [6.07, 6.45) is 0. The zero-order chi connectivity index (χ0) is 17.1. The molecule has 0 aromatic heterocycles. The number of hydrogen-bond acceptors (Lipinski definition) is 2. The largest absolute Gasteiger partial charge is 0.384 e. The van der Waals surface area contributed by atoms with E-state index in [2.05, 4.69) is 31.8 Å². The average Bonchev–Trinajstić information content (AvgIpc) is 2.99. The Kier molecular flexibility index (Phi) is 4.69. The maximum atomic E-state index is 13.0. The Balaban J connectivity index is 1.94. The number of nitrogens with zero attached hydrogens (tertiary/aromatic N) is 1. The summed E-state index contributed by atoms with van der Waals surface area (Å²) >= 11 is 0. The van der Waals surface area contributed by atoms with Crippen LogP contribution in [0.4, 0.5) is 5.69 Å². The third kappa shape index (κ3) is 3.06. The zero-order valence-electron chi connectivity index (χ0n) is 14.0. The minimum atomic E-state index is -0.187. The molecule has 0 aliphatic carbocycles. The van der Waals surface area contributed by atoms with E-state index >= 15 is 0 Å². The van der Waals surface area contributed by atoms with Gasteiger partial charge in [0.2, 0.25) is 0 Å². The summed E-state index contributed by atoms with van der Waals surface area (Å²) in [7, 11) is 0. The van der Waals surface area contributed by atoms with Gasteiger partial charge in [0.05, 0.1) is 0 Å². The quantitative estimate of drug-likeness (QED) is 0.862. The van der Waals surface area contributed by atoms with Gasteiger partial charge in [-0.2, -0.15) is 0 Å². The number of anilines is 1. The number of para-hydroxylation sites is 1. The van der Waals surface area contributed by atoms with Gasteiger partial charge in [0.15, 0.2) is 0 Å². The van der Waals surface area contributed by atoms with Crippen LogP contribution in [0.15, 0.2) is 48.5 Å². The van der Waals surface area contributed by atoms with Gasteiger partial charge < -0.3 is 10.0 Å². The Morgan fingerprint density at radius 3 is 2.79 bits per heavy atom. The van der Waals surface area contributed by atoms with E-state index in [9.17, 15) is 4.79 Å². The maximum absolute atomic E-state index is 13.0. The summed E-state index contributed by atoms with van der Waals surface area (Å²) in [5, 5.41) is 8.82. The standard InChI is InChI=1S/C21H21NO2/c1-15(2)19-14-22(20-11-4-3-10-18(19)20)21(24)17-9-5-7-16(13-17)8-6-12-23/h3-5,7,9-11,13,15,19,23H,12,14H2,1-2H3. The maximum Gasteiger partial charge on any atom is 0.258 e. The highest BCUT2D eigenvalue weighted by Crippen LogP contribution is 2.40. The van der Waals surface area contributed by atoms with Crippen molar-refractivity contribution >= 4 is 11.6 Å². The first-order chi connectivity index (χ1) is 11.6. The highest BCUT2D eigenvalue weighted by atomic mass is 16.2. The molecular weight excluding hydrogens is 298 g/mol. The van der Waals surface area contributed by atoms with Crippen LogP contribution in [0, 0.1) is 17.8 Å². The van der Waals surface area contributed by atoms with Crippen LogP contribution in [0.1, 0.15) is 41.3 Å². The van der Waals surface area contributed by atoms with E-state index < -0.39 is 0 Å². The molecule has 1 aliphatic heterocycles. The van der Waals surface area contributed by atoms with Crippen molar-refractivity contribution in [3.05, 3.63) is 65.2 Å². The molecule has 3 heteroatoms. The number of fused-ring (bicyclic) bond motifs is 1. The fraction of sp³-hybridized carbons (Fsp3) is 0.286. The predicted octanol–water partition coefficient (Wildman–Crippen LogP) is 3.43. The molecule has 122 valence electrons. The van der Waals surface area contributed by atoms with E-state index in [0.717, 1.165) is 11.3 Å². The lowest BCUT2D eigenvalue weighted by Crippen LogP contribution is -2.30. The van der Waals surface area contributed by atoms with Gasteiger partial charge in [0.25, 0.3) is 5.91 Å². The molecule has 2 aromatic rings. The Bertz CT molecular complexity index is 814. The summed E-state index contributed by atoms with van der Waals surface area (Å²) in [6.45, 7) is 4.91. The minimum Gasteiger partial charge on any atom is -0.384 e. The molecule has 0 saturated heterocycles. The van der Waals surface area contributed by atoms with Crippen LogP contribution in [0.2, 0.25) is 0 Å². The van der Waals surface area contributed by atoms with E-state index in [-0.39, 0.29) is 12.5 Å². The van der Waals surface area contributed by atoms with Gasteiger partial charge in [-0.3, -0.25) is 4.79 Å². The van der Waals surface area contributed by atoms with Crippen LogP contribution in [0.3, 0.4) is 0 Å². The highest BCUT2D eigenvalue weighted by molar-refractivity contribution is 6.07. The number of benzene rings is 2. The Hall–Kier alpha value is -2.57. The summed E-state index contributed by atoms with van der Waals surface area (Å²) in [4.78, 5) is 14.9. The molecule has 0 radical (unpaired) electrons. The van der Waals surface area contributed by atoms with Crippen LogP contribution < -0.4 is 4.90 Å². The molecule has 2 aromatic carbocycles. The second-order valence-electron chi connectivity index (χ2n) is 6.37. The topological polar surface area (TPSA) is 40.5 Å². The lowest BCUT2D eigenvalue weighted by Gasteiger charge is -2.19. The first-order valence-corrected chi connectivity index (χ1v) is 8.22. The van der Waals surface area contributed by atoms with Crippen LogP contribution in [0.25, 0.3) is 0 Å². The van der Waals surface area contributed by atoms with Crippen molar-refractivity contribution in [2.24, 2.45) is 5.92 Å². The molecule has 1 atom stereocenters. The van der Waals surface area contributed by atoms with Gasteiger partial charge in [-0.25, -0.2) is 0 Å². The summed E-state index contributed by atoms with van der Waals surface area (Å²) in [5.41, 5.74) is 3.62. The van der Waals surface area contributed by atoms with Crippen LogP contribution in [-0.2, 0) is 0 Å². The molecular formula is C21H21NO2. The van der Waals surface area contributed by atoms with E-state index in [4.69, 9.17) is 5.11 Å². The van der Waals surface area contributed by atoms with Crippen molar-refractivity contribution in [2.75, 3.05) is 18.1 Å². The highest BCUT2D eigenvalue weighted by Gasteiger charge is 2.33.